The van der Waals surface area contributed by atoms with Crippen LogP contribution in [0, 0.1) is 17.2 Å². The van der Waals surface area contributed by atoms with Crippen molar-refractivity contribution in [2.45, 2.75) is 38.8 Å². The first-order valence-corrected chi connectivity index (χ1v) is 7.63. The molecule has 4 heteroatoms. The van der Waals surface area contributed by atoms with E-state index in [0.29, 0.717) is 23.9 Å². The lowest BCUT2D eigenvalue weighted by molar-refractivity contribution is 0.0354. The summed E-state index contributed by atoms with van der Waals surface area (Å²) in [5, 5.41) is 19.0. The van der Waals surface area contributed by atoms with Crippen molar-refractivity contribution in [1.82, 2.24) is 4.90 Å². The van der Waals surface area contributed by atoms with Crippen LogP contribution < -0.4 is 4.74 Å². The van der Waals surface area contributed by atoms with Gasteiger partial charge >= 0.3 is 0 Å². The van der Waals surface area contributed by atoms with Crippen LogP contribution >= 0.6 is 0 Å². The van der Waals surface area contributed by atoms with Gasteiger partial charge < -0.3 is 9.84 Å². The fourth-order valence-electron chi connectivity index (χ4n) is 2.90. The molecule has 2 rings (SSSR count). The molecule has 0 aromatic heterocycles. The predicted molar refractivity (Wildman–Crippen MR) is 82.1 cm³/mol. The minimum absolute atomic E-state index is 0.258. The van der Waals surface area contributed by atoms with E-state index in [9.17, 15) is 5.11 Å². The summed E-state index contributed by atoms with van der Waals surface area (Å²) in [5.74, 6) is 1.41. The summed E-state index contributed by atoms with van der Waals surface area (Å²) in [4.78, 5) is 2.33. The van der Waals surface area contributed by atoms with Crippen molar-refractivity contribution in [2.24, 2.45) is 5.92 Å². The standard InChI is InChI=1S/C17H24N2O2/c1-13-6-7-19(14(2)8-13)11-16(20)12-21-17-5-3-4-15(9-17)10-18/h3-5,9,13-14,16,20H,6-8,11-12H2,1-2H3. The monoisotopic (exact) mass is 288 g/mol. The Balaban J connectivity index is 1.79. The Morgan fingerprint density at radius 3 is 3.00 bits per heavy atom. The molecule has 1 aliphatic rings. The van der Waals surface area contributed by atoms with E-state index in [1.54, 1.807) is 24.3 Å². The predicted octanol–water partition coefficient (Wildman–Crippen LogP) is 2.42. The molecule has 0 aliphatic carbocycles. The summed E-state index contributed by atoms with van der Waals surface area (Å²) >= 11 is 0. The van der Waals surface area contributed by atoms with Crippen LogP contribution in [0.25, 0.3) is 0 Å². The Hall–Kier alpha value is -1.57. The Kier molecular flexibility index (Phi) is 5.60. The molecule has 4 nitrogen and oxygen atoms in total. The lowest BCUT2D eigenvalue weighted by Crippen LogP contribution is -2.45. The third-order valence-electron chi connectivity index (χ3n) is 4.13. The van der Waals surface area contributed by atoms with Crippen molar-refractivity contribution in [3.8, 4) is 11.8 Å². The van der Waals surface area contributed by atoms with Gasteiger partial charge in [0.2, 0.25) is 0 Å². The molecule has 3 unspecified atom stereocenters. The van der Waals surface area contributed by atoms with E-state index in [1.165, 1.54) is 12.8 Å². The maximum atomic E-state index is 10.1. The normalized spacial score (nSPS) is 24.3. The van der Waals surface area contributed by atoms with Crippen LogP contribution in [-0.2, 0) is 0 Å². The average Bonchev–Trinajstić information content (AvgIpc) is 2.48. The molecule has 0 spiro atoms. The molecule has 0 saturated carbocycles. The summed E-state index contributed by atoms with van der Waals surface area (Å²) in [6.45, 7) is 6.46. The van der Waals surface area contributed by atoms with Gasteiger partial charge in [-0.05, 0) is 50.4 Å². The van der Waals surface area contributed by atoms with Crippen LogP contribution in [0.15, 0.2) is 24.3 Å². The minimum atomic E-state index is -0.508. The SMILES string of the molecule is CC1CCN(CC(O)COc2cccc(C#N)c2)C(C)C1. The number of hydrogen-bond acceptors (Lipinski definition) is 4. The summed E-state index contributed by atoms with van der Waals surface area (Å²) < 4.78 is 5.58. The molecular formula is C17H24N2O2. The lowest BCUT2D eigenvalue weighted by Gasteiger charge is -2.37. The van der Waals surface area contributed by atoms with Crippen molar-refractivity contribution < 1.29 is 9.84 Å². The second-order valence-electron chi connectivity index (χ2n) is 6.08. The van der Waals surface area contributed by atoms with Crippen LogP contribution in [0.4, 0.5) is 0 Å². The van der Waals surface area contributed by atoms with E-state index < -0.39 is 6.10 Å². The Labute approximate surface area is 127 Å². The molecule has 1 heterocycles. The van der Waals surface area contributed by atoms with Gasteiger partial charge in [0.05, 0.1) is 11.6 Å². The van der Waals surface area contributed by atoms with Gasteiger partial charge in [-0.15, -0.1) is 0 Å². The fourth-order valence-corrected chi connectivity index (χ4v) is 2.90. The molecule has 0 radical (unpaired) electrons. The van der Waals surface area contributed by atoms with Gasteiger partial charge in [-0.2, -0.15) is 5.26 Å². The second kappa shape index (κ2) is 7.44. The van der Waals surface area contributed by atoms with Gasteiger partial charge in [-0.25, -0.2) is 0 Å². The molecule has 1 aliphatic heterocycles. The molecule has 1 fully saturated rings. The maximum Gasteiger partial charge on any atom is 0.120 e. The smallest absolute Gasteiger partial charge is 0.120 e. The van der Waals surface area contributed by atoms with Gasteiger partial charge in [0.25, 0.3) is 0 Å². The number of likely N-dealkylation sites (tertiary alicyclic amines) is 1. The Morgan fingerprint density at radius 1 is 1.48 bits per heavy atom. The molecule has 114 valence electrons. The molecule has 1 saturated heterocycles. The third kappa shape index (κ3) is 4.73. The lowest BCUT2D eigenvalue weighted by atomic mass is 9.93. The molecule has 1 aromatic rings. The van der Waals surface area contributed by atoms with Gasteiger partial charge in [0.15, 0.2) is 0 Å². The number of nitrogens with zero attached hydrogens (tertiary/aromatic N) is 2. The molecular weight excluding hydrogens is 264 g/mol. The maximum absolute atomic E-state index is 10.1. The number of ether oxygens (including phenoxy) is 1. The van der Waals surface area contributed by atoms with Crippen LogP contribution in [-0.4, -0.2) is 41.8 Å². The minimum Gasteiger partial charge on any atom is -0.491 e. The highest BCUT2D eigenvalue weighted by atomic mass is 16.5. The van der Waals surface area contributed by atoms with Gasteiger partial charge in [0.1, 0.15) is 18.5 Å². The average molecular weight is 288 g/mol. The number of β-amino-alcohol motifs (C(OH)–C–C–N with tert-alkyl or cyclic N) is 1. The summed E-state index contributed by atoms with van der Waals surface area (Å²) in [5.41, 5.74) is 0.570. The summed E-state index contributed by atoms with van der Waals surface area (Å²) in [7, 11) is 0. The summed E-state index contributed by atoms with van der Waals surface area (Å²) in [6, 6.07) is 9.62. The first-order chi connectivity index (χ1) is 10.1. The van der Waals surface area contributed by atoms with Crippen molar-refractivity contribution >= 4 is 0 Å². The van der Waals surface area contributed by atoms with E-state index in [2.05, 4.69) is 24.8 Å². The first-order valence-electron chi connectivity index (χ1n) is 7.63. The van der Waals surface area contributed by atoms with Gasteiger partial charge in [-0.3, -0.25) is 4.90 Å². The highest BCUT2D eigenvalue weighted by Crippen LogP contribution is 2.22. The van der Waals surface area contributed by atoms with Crippen LogP contribution in [0.3, 0.4) is 0 Å². The zero-order valence-corrected chi connectivity index (χ0v) is 12.8. The highest BCUT2D eigenvalue weighted by Gasteiger charge is 2.24. The van der Waals surface area contributed by atoms with E-state index >= 15 is 0 Å². The van der Waals surface area contributed by atoms with Gasteiger partial charge in [0, 0.05) is 12.6 Å². The van der Waals surface area contributed by atoms with E-state index in [-0.39, 0.29) is 6.61 Å². The van der Waals surface area contributed by atoms with E-state index in [1.807, 2.05) is 0 Å². The molecule has 0 bridgehead atoms. The van der Waals surface area contributed by atoms with E-state index in [0.717, 1.165) is 12.5 Å². The molecule has 1 aromatic carbocycles. The number of nitriles is 1. The zero-order chi connectivity index (χ0) is 15.2. The number of benzene rings is 1. The topological polar surface area (TPSA) is 56.5 Å². The van der Waals surface area contributed by atoms with E-state index in [4.69, 9.17) is 10.00 Å². The quantitative estimate of drug-likeness (QED) is 0.904. The van der Waals surface area contributed by atoms with Crippen LogP contribution in [0.1, 0.15) is 32.3 Å². The number of hydrogen-bond donors (Lipinski definition) is 1. The van der Waals surface area contributed by atoms with Crippen LogP contribution in [0.2, 0.25) is 0 Å². The number of piperidine rings is 1. The molecule has 3 atom stereocenters. The zero-order valence-electron chi connectivity index (χ0n) is 12.8. The van der Waals surface area contributed by atoms with Crippen molar-refractivity contribution in [2.75, 3.05) is 19.7 Å². The fraction of sp³-hybridized carbons (Fsp3) is 0.588. The van der Waals surface area contributed by atoms with Crippen molar-refractivity contribution in [1.29, 1.82) is 5.26 Å². The summed E-state index contributed by atoms with van der Waals surface area (Å²) in [6.07, 6.45) is 1.88. The van der Waals surface area contributed by atoms with Gasteiger partial charge in [-0.1, -0.05) is 13.0 Å². The number of aliphatic hydroxyl groups is 1. The highest BCUT2D eigenvalue weighted by molar-refractivity contribution is 5.36. The Bertz CT molecular complexity index is 498. The molecule has 0 amide bonds. The molecule has 21 heavy (non-hydrogen) atoms. The number of aliphatic hydroxyl groups excluding tert-OH is 1. The van der Waals surface area contributed by atoms with Crippen LogP contribution in [0.5, 0.6) is 5.75 Å². The Morgan fingerprint density at radius 2 is 2.29 bits per heavy atom. The number of rotatable bonds is 5. The third-order valence-corrected chi connectivity index (χ3v) is 4.13. The van der Waals surface area contributed by atoms with Crippen molar-refractivity contribution in [3.63, 3.8) is 0 Å². The largest absolute Gasteiger partial charge is 0.491 e. The second-order valence-corrected chi connectivity index (χ2v) is 6.08. The molecule has 1 N–H and O–H groups in total. The van der Waals surface area contributed by atoms with Crippen molar-refractivity contribution in [3.05, 3.63) is 29.8 Å². The first kappa shape index (κ1) is 15.8.